The summed E-state index contributed by atoms with van der Waals surface area (Å²) in [5, 5.41) is 0. The predicted octanol–water partition coefficient (Wildman–Crippen LogP) is 5.41. The zero-order valence-corrected chi connectivity index (χ0v) is 16.2. The molecule has 0 amide bonds. The fraction of sp³-hybridized carbons (Fsp3) is 0.727. The Kier molecular flexibility index (Phi) is 4.38. The molecule has 0 spiro atoms. The van der Waals surface area contributed by atoms with Crippen molar-refractivity contribution in [2.45, 2.75) is 97.6 Å². The largest absolute Gasteiger partial charge is 0.294 e. The summed E-state index contributed by atoms with van der Waals surface area (Å²) in [5.41, 5.74) is 8.96. The van der Waals surface area contributed by atoms with Crippen molar-refractivity contribution in [2.75, 3.05) is 6.54 Å². The van der Waals surface area contributed by atoms with Crippen molar-refractivity contribution in [3.63, 3.8) is 0 Å². The Hall–Kier alpha value is -0.820. The minimum Gasteiger partial charge on any atom is -0.294 e. The fourth-order valence-corrected chi connectivity index (χ4v) is 4.50. The SMILES string of the molecule is CC(C)(C)c1cc2c(c3c1CCCC3)CCCN(C(C)(C)C)C2. The van der Waals surface area contributed by atoms with Crippen molar-refractivity contribution in [3.8, 4) is 0 Å². The van der Waals surface area contributed by atoms with Gasteiger partial charge in [0.05, 0.1) is 0 Å². The molecule has 1 aliphatic heterocycles. The molecule has 128 valence electrons. The van der Waals surface area contributed by atoms with Crippen LogP contribution < -0.4 is 0 Å². The van der Waals surface area contributed by atoms with Crippen LogP contribution in [0.15, 0.2) is 6.07 Å². The number of hydrogen-bond acceptors (Lipinski definition) is 1. The summed E-state index contributed by atoms with van der Waals surface area (Å²) in [5.74, 6) is 0. The Balaban J connectivity index is 2.13. The van der Waals surface area contributed by atoms with Crippen molar-refractivity contribution >= 4 is 0 Å². The van der Waals surface area contributed by atoms with Crippen LogP contribution in [0.4, 0.5) is 0 Å². The molecule has 1 nitrogen and oxygen atoms in total. The first-order valence-electron chi connectivity index (χ1n) is 9.60. The highest BCUT2D eigenvalue weighted by Crippen LogP contribution is 2.38. The normalized spacial score (nSPS) is 19.9. The van der Waals surface area contributed by atoms with Crippen molar-refractivity contribution in [1.29, 1.82) is 0 Å². The van der Waals surface area contributed by atoms with Crippen LogP contribution >= 0.6 is 0 Å². The molecule has 0 aromatic heterocycles. The van der Waals surface area contributed by atoms with Gasteiger partial charge in [-0.3, -0.25) is 4.90 Å². The highest BCUT2D eigenvalue weighted by Gasteiger charge is 2.30. The molecule has 1 heterocycles. The topological polar surface area (TPSA) is 3.24 Å². The van der Waals surface area contributed by atoms with Gasteiger partial charge >= 0.3 is 0 Å². The van der Waals surface area contributed by atoms with Gasteiger partial charge < -0.3 is 0 Å². The van der Waals surface area contributed by atoms with Gasteiger partial charge in [-0.25, -0.2) is 0 Å². The van der Waals surface area contributed by atoms with Gasteiger partial charge in [0.15, 0.2) is 0 Å². The first kappa shape index (κ1) is 17.0. The van der Waals surface area contributed by atoms with Crippen LogP contribution in [0, 0.1) is 0 Å². The molecular formula is C22H35N. The molecule has 0 radical (unpaired) electrons. The Morgan fingerprint density at radius 2 is 1.39 bits per heavy atom. The molecule has 2 aliphatic rings. The number of nitrogens with zero attached hydrogens (tertiary/aromatic N) is 1. The Morgan fingerprint density at radius 1 is 0.783 bits per heavy atom. The van der Waals surface area contributed by atoms with Gasteiger partial charge in [-0.1, -0.05) is 26.8 Å². The number of benzene rings is 1. The van der Waals surface area contributed by atoms with Crippen LogP contribution in [0.25, 0.3) is 0 Å². The minimum absolute atomic E-state index is 0.259. The van der Waals surface area contributed by atoms with Crippen molar-refractivity contribution in [2.24, 2.45) is 0 Å². The average Bonchev–Trinajstić information content (AvgIpc) is 2.67. The van der Waals surface area contributed by atoms with E-state index in [1.54, 1.807) is 27.8 Å². The quantitative estimate of drug-likeness (QED) is 0.619. The van der Waals surface area contributed by atoms with E-state index in [0.29, 0.717) is 0 Å². The summed E-state index contributed by atoms with van der Waals surface area (Å²) in [6, 6.07) is 2.59. The predicted molar refractivity (Wildman–Crippen MR) is 100 cm³/mol. The molecule has 0 atom stereocenters. The minimum atomic E-state index is 0.259. The van der Waals surface area contributed by atoms with Gasteiger partial charge in [0.25, 0.3) is 0 Å². The van der Waals surface area contributed by atoms with Gasteiger partial charge in [0.2, 0.25) is 0 Å². The molecule has 1 aromatic carbocycles. The van der Waals surface area contributed by atoms with E-state index >= 15 is 0 Å². The van der Waals surface area contributed by atoms with E-state index in [9.17, 15) is 0 Å². The molecule has 0 saturated carbocycles. The zero-order valence-electron chi connectivity index (χ0n) is 16.2. The third-order valence-corrected chi connectivity index (χ3v) is 5.84. The van der Waals surface area contributed by atoms with Crippen LogP contribution in [-0.4, -0.2) is 17.0 Å². The lowest BCUT2D eigenvalue weighted by molar-refractivity contribution is 0.130. The van der Waals surface area contributed by atoms with E-state index in [0.717, 1.165) is 6.54 Å². The molecule has 0 unspecified atom stereocenters. The number of fused-ring (bicyclic) bond motifs is 3. The highest BCUT2D eigenvalue weighted by molar-refractivity contribution is 5.50. The summed E-state index contributed by atoms with van der Waals surface area (Å²) < 4.78 is 0. The molecule has 0 bridgehead atoms. The molecule has 0 saturated heterocycles. The first-order valence-corrected chi connectivity index (χ1v) is 9.60. The van der Waals surface area contributed by atoms with Gasteiger partial charge in [-0.15, -0.1) is 0 Å². The Morgan fingerprint density at radius 3 is 2.00 bits per heavy atom. The molecular weight excluding hydrogens is 278 g/mol. The van der Waals surface area contributed by atoms with Crippen molar-refractivity contribution < 1.29 is 0 Å². The van der Waals surface area contributed by atoms with Crippen LogP contribution in [0.2, 0.25) is 0 Å². The smallest absolute Gasteiger partial charge is 0.0241 e. The number of hydrogen-bond donors (Lipinski definition) is 0. The second kappa shape index (κ2) is 5.92. The molecule has 3 rings (SSSR count). The lowest BCUT2D eigenvalue weighted by Gasteiger charge is -2.36. The van der Waals surface area contributed by atoms with E-state index < -0.39 is 0 Å². The molecule has 0 N–H and O–H groups in total. The van der Waals surface area contributed by atoms with Crippen LogP contribution in [0.1, 0.15) is 88.6 Å². The summed E-state index contributed by atoms with van der Waals surface area (Å²) in [7, 11) is 0. The lowest BCUT2D eigenvalue weighted by Crippen LogP contribution is -2.40. The molecule has 1 aliphatic carbocycles. The van der Waals surface area contributed by atoms with Gasteiger partial charge in [0, 0.05) is 12.1 Å². The van der Waals surface area contributed by atoms with Crippen molar-refractivity contribution in [1.82, 2.24) is 4.90 Å². The van der Waals surface area contributed by atoms with E-state index in [4.69, 9.17) is 0 Å². The monoisotopic (exact) mass is 313 g/mol. The maximum absolute atomic E-state index is 2.68. The van der Waals surface area contributed by atoms with Crippen LogP contribution in [0.5, 0.6) is 0 Å². The Bertz CT molecular complexity index is 583. The highest BCUT2D eigenvalue weighted by atomic mass is 15.2. The standard InChI is InChI=1S/C22H35N/c1-21(2,3)20-14-16-15-23(22(4,5)6)13-9-12-17(16)18-10-7-8-11-19(18)20/h14H,7-13,15H2,1-6H3. The lowest BCUT2D eigenvalue weighted by atomic mass is 9.74. The average molecular weight is 314 g/mol. The van der Waals surface area contributed by atoms with Gasteiger partial charge in [-0.2, -0.15) is 0 Å². The van der Waals surface area contributed by atoms with E-state index in [1.807, 2.05) is 0 Å². The Labute approximate surface area is 143 Å². The summed E-state index contributed by atoms with van der Waals surface area (Å²) in [4.78, 5) is 2.68. The third-order valence-electron chi connectivity index (χ3n) is 5.84. The molecule has 1 heteroatoms. The first-order chi connectivity index (χ1) is 10.7. The summed E-state index contributed by atoms with van der Waals surface area (Å²) >= 11 is 0. The van der Waals surface area contributed by atoms with Crippen LogP contribution in [-0.2, 0) is 31.2 Å². The second-order valence-corrected chi connectivity index (χ2v) is 9.67. The van der Waals surface area contributed by atoms with E-state index in [2.05, 4.69) is 52.5 Å². The van der Waals surface area contributed by atoms with Gasteiger partial charge in [-0.05, 0) is 99.1 Å². The van der Waals surface area contributed by atoms with Crippen LogP contribution in [0.3, 0.4) is 0 Å². The van der Waals surface area contributed by atoms with Crippen molar-refractivity contribution in [3.05, 3.63) is 33.9 Å². The fourth-order valence-electron chi connectivity index (χ4n) is 4.50. The summed E-state index contributed by atoms with van der Waals surface area (Å²) in [6.45, 7) is 16.6. The maximum Gasteiger partial charge on any atom is 0.0241 e. The molecule has 0 fully saturated rings. The third kappa shape index (κ3) is 3.36. The summed E-state index contributed by atoms with van der Waals surface area (Å²) in [6.07, 6.45) is 7.98. The maximum atomic E-state index is 2.68. The number of rotatable bonds is 0. The molecule has 23 heavy (non-hydrogen) atoms. The van der Waals surface area contributed by atoms with E-state index in [-0.39, 0.29) is 11.0 Å². The second-order valence-electron chi connectivity index (χ2n) is 9.67. The van der Waals surface area contributed by atoms with E-state index in [1.165, 1.54) is 45.1 Å². The zero-order chi connectivity index (χ0) is 16.8. The van der Waals surface area contributed by atoms with Gasteiger partial charge in [0.1, 0.15) is 0 Å². The molecule has 1 aromatic rings.